The molecule has 1 heterocycles. The Bertz CT molecular complexity index is 384. The van der Waals surface area contributed by atoms with Gasteiger partial charge in [-0.15, -0.1) is 11.8 Å². The zero-order valence-electron chi connectivity index (χ0n) is 9.36. The van der Waals surface area contributed by atoms with Crippen molar-refractivity contribution < 1.29 is 4.79 Å². The van der Waals surface area contributed by atoms with Crippen molar-refractivity contribution in [2.24, 2.45) is 5.92 Å². The molecule has 2 unspecified atom stereocenters. The van der Waals surface area contributed by atoms with E-state index in [4.69, 9.17) is 0 Å². The van der Waals surface area contributed by atoms with Crippen LogP contribution in [-0.2, 0) is 0 Å². The summed E-state index contributed by atoms with van der Waals surface area (Å²) in [6.07, 6.45) is 0. The van der Waals surface area contributed by atoms with Crippen LogP contribution < -0.4 is 0 Å². The fraction of sp³-hybridized carbons (Fsp3) is 0.462. The van der Waals surface area contributed by atoms with Crippen molar-refractivity contribution in [2.45, 2.75) is 31.3 Å². The summed E-state index contributed by atoms with van der Waals surface area (Å²) >= 11 is 1.80. The number of carbonyl (C=O) groups is 1. The molecule has 0 bridgehead atoms. The molecule has 0 N–H and O–H groups in total. The zero-order chi connectivity index (χ0) is 11.0. The summed E-state index contributed by atoms with van der Waals surface area (Å²) in [6.45, 7) is 6.43. The number of hydrogen-bond donors (Lipinski definition) is 0. The molecule has 1 aliphatic rings. The molecule has 0 amide bonds. The van der Waals surface area contributed by atoms with E-state index in [-0.39, 0.29) is 5.25 Å². The first-order valence-corrected chi connectivity index (χ1v) is 6.34. The largest absolute Gasteiger partial charge is 0.293 e. The molecule has 1 aromatic carbocycles. The first kappa shape index (κ1) is 10.7. The van der Waals surface area contributed by atoms with Crippen LogP contribution in [0.2, 0.25) is 0 Å². The van der Waals surface area contributed by atoms with Gasteiger partial charge in [0.05, 0.1) is 5.25 Å². The molecule has 0 saturated carbocycles. The third-order valence-corrected chi connectivity index (χ3v) is 4.59. The minimum atomic E-state index is 0.134. The summed E-state index contributed by atoms with van der Waals surface area (Å²) in [4.78, 5) is 12.2. The first-order chi connectivity index (χ1) is 7.11. The highest BCUT2D eigenvalue weighted by Crippen LogP contribution is 2.42. The smallest absolute Gasteiger partial charge is 0.176 e. The molecular formula is C13H16OS. The molecular weight excluding hydrogens is 204 g/mol. The SMILES string of the molecule is CC1SC(C(C)C)C(=O)c2ccccc21. The normalized spacial score (nSPS) is 25.5. The second kappa shape index (κ2) is 4.01. The molecule has 0 aromatic heterocycles. The van der Waals surface area contributed by atoms with Crippen molar-refractivity contribution in [1.82, 2.24) is 0 Å². The van der Waals surface area contributed by atoms with Crippen LogP contribution in [0.1, 0.15) is 41.9 Å². The van der Waals surface area contributed by atoms with Crippen molar-refractivity contribution in [3.63, 3.8) is 0 Å². The van der Waals surface area contributed by atoms with Gasteiger partial charge in [0.15, 0.2) is 5.78 Å². The highest BCUT2D eigenvalue weighted by Gasteiger charge is 2.33. The molecule has 0 fully saturated rings. The summed E-state index contributed by atoms with van der Waals surface area (Å²) in [7, 11) is 0. The van der Waals surface area contributed by atoms with Crippen LogP contribution in [0.15, 0.2) is 24.3 Å². The Morgan fingerprint density at radius 1 is 1.27 bits per heavy atom. The molecule has 2 rings (SSSR count). The van der Waals surface area contributed by atoms with Gasteiger partial charge in [-0.3, -0.25) is 4.79 Å². The van der Waals surface area contributed by atoms with Crippen LogP contribution in [0.3, 0.4) is 0 Å². The van der Waals surface area contributed by atoms with Crippen LogP contribution in [0.25, 0.3) is 0 Å². The second-order valence-corrected chi connectivity index (χ2v) is 5.88. The number of Topliss-reactive ketones (excluding diaryl/α,β-unsaturated/α-hetero) is 1. The Balaban J connectivity index is 2.44. The van der Waals surface area contributed by atoms with Crippen molar-refractivity contribution in [3.05, 3.63) is 35.4 Å². The Kier molecular flexibility index (Phi) is 2.87. The number of rotatable bonds is 1. The molecule has 15 heavy (non-hydrogen) atoms. The minimum Gasteiger partial charge on any atom is -0.293 e. The lowest BCUT2D eigenvalue weighted by atomic mass is 9.94. The number of ketones is 1. The van der Waals surface area contributed by atoms with E-state index in [0.717, 1.165) is 5.56 Å². The van der Waals surface area contributed by atoms with Crippen LogP contribution in [0.4, 0.5) is 0 Å². The molecule has 1 nitrogen and oxygen atoms in total. The van der Waals surface area contributed by atoms with Gasteiger partial charge >= 0.3 is 0 Å². The third kappa shape index (κ3) is 1.83. The highest BCUT2D eigenvalue weighted by molar-refractivity contribution is 8.01. The lowest BCUT2D eigenvalue weighted by molar-refractivity contribution is 0.0972. The van der Waals surface area contributed by atoms with Crippen LogP contribution >= 0.6 is 11.8 Å². The van der Waals surface area contributed by atoms with Gasteiger partial charge in [-0.25, -0.2) is 0 Å². The van der Waals surface area contributed by atoms with Crippen LogP contribution in [-0.4, -0.2) is 11.0 Å². The van der Waals surface area contributed by atoms with Gasteiger partial charge in [-0.05, 0) is 18.4 Å². The second-order valence-electron chi connectivity index (χ2n) is 4.39. The number of hydrogen-bond acceptors (Lipinski definition) is 2. The minimum absolute atomic E-state index is 0.134. The lowest BCUT2D eigenvalue weighted by Gasteiger charge is -2.30. The van der Waals surface area contributed by atoms with Gasteiger partial charge in [0.25, 0.3) is 0 Å². The van der Waals surface area contributed by atoms with E-state index < -0.39 is 0 Å². The van der Waals surface area contributed by atoms with E-state index in [1.807, 2.05) is 18.2 Å². The number of thioether (sulfide) groups is 1. The van der Waals surface area contributed by atoms with Gasteiger partial charge < -0.3 is 0 Å². The predicted octanol–water partition coefficient (Wildman–Crippen LogP) is 3.70. The van der Waals surface area contributed by atoms with Crippen molar-refractivity contribution in [2.75, 3.05) is 0 Å². The van der Waals surface area contributed by atoms with E-state index in [9.17, 15) is 4.79 Å². The third-order valence-electron chi connectivity index (χ3n) is 2.88. The Morgan fingerprint density at radius 3 is 2.60 bits per heavy atom. The molecule has 0 spiro atoms. The summed E-state index contributed by atoms with van der Waals surface area (Å²) < 4.78 is 0. The van der Waals surface area contributed by atoms with E-state index in [0.29, 0.717) is 17.0 Å². The molecule has 0 aliphatic carbocycles. The van der Waals surface area contributed by atoms with E-state index >= 15 is 0 Å². The lowest BCUT2D eigenvalue weighted by Crippen LogP contribution is -2.29. The Hall–Kier alpha value is -0.760. The quantitative estimate of drug-likeness (QED) is 0.717. The van der Waals surface area contributed by atoms with Crippen molar-refractivity contribution in [3.8, 4) is 0 Å². The molecule has 1 aromatic rings. The molecule has 80 valence electrons. The standard InChI is InChI=1S/C13H16OS/c1-8(2)13-12(14)11-7-5-4-6-10(11)9(3)15-13/h4-9,13H,1-3H3. The van der Waals surface area contributed by atoms with Gasteiger partial charge in [0.1, 0.15) is 0 Å². The predicted molar refractivity (Wildman–Crippen MR) is 65.4 cm³/mol. The zero-order valence-corrected chi connectivity index (χ0v) is 10.2. The van der Waals surface area contributed by atoms with Crippen molar-refractivity contribution in [1.29, 1.82) is 0 Å². The molecule has 0 saturated heterocycles. The summed E-state index contributed by atoms with van der Waals surface area (Å²) in [5.74, 6) is 0.724. The number of benzene rings is 1. The van der Waals surface area contributed by atoms with Gasteiger partial charge in [-0.1, -0.05) is 38.1 Å². The van der Waals surface area contributed by atoms with Crippen LogP contribution in [0.5, 0.6) is 0 Å². The van der Waals surface area contributed by atoms with Crippen molar-refractivity contribution >= 4 is 17.5 Å². The first-order valence-electron chi connectivity index (χ1n) is 5.40. The topological polar surface area (TPSA) is 17.1 Å². The van der Waals surface area contributed by atoms with Gasteiger partial charge in [0, 0.05) is 10.8 Å². The number of fused-ring (bicyclic) bond motifs is 1. The molecule has 0 radical (unpaired) electrons. The van der Waals surface area contributed by atoms with Gasteiger partial charge in [-0.2, -0.15) is 0 Å². The van der Waals surface area contributed by atoms with E-state index in [1.54, 1.807) is 11.8 Å². The summed E-state index contributed by atoms with van der Waals surface area (Å²) in [5.41, 5.74) is 2.13. The summed E-state index contributed by atoms with van der Waals surface area (Å²) in [5, 5.41) is 0.571. The van der Waals surface area contributed by atoms with E-state index in [2.05, 4.69) is 26.8 Å². The maximum Gasteiger partial charge on any atom is 0.176 e. The molecule has 2 heteroatoms. The van der Waals surface area contributed by atoms with Crippen LogP contribution in [0, 0.1) is 5.92 Å². The molecule has 2 atom stereocenters. The number of carbonyl (C=O) groups excluding carboxylic acids is 1. The maximum absolute atomic E-state index is 12.2. The average Bonchev–Trinajstić information content (AvgIpc) is 2.23. The summed E-state index contributed by atoms with van der Waals surface area (Å²) in [6, 6.07) is 8.00. The fourth-order valence-corrected chi connectivity index (χ4v) is 3.40. The molecule has 1 aliphatic heterocycles. The Labute approximate surface area is 95.3 Å². The average molecular weight is 220 g/mol. The van der Waals surface area contributed by atoms with Gasteiger partial charge in [0.2, 0.25) is 0 Å². The maximum atomic E-state index is 12.2. The Morgan fingerprint density at radius 2 is 1.93 bits per heavy atom. The highest BCUT2D eigenvalue weighted by atomic mass is 32.2. The van der Waals surface area contributed by atoms with E-state index in [1.165, 1.54) is 5.56 Å². The fourth-order valence-electron chi connectivity index (χ4n) is 2.04. The monoisotopic (exact) mass is 220 g/mol.